The summed E-state index contributed by atoms with van der Waals surface area (Å²) in [5.74, 6) is 1.47. The molecule has 0 aliphatic heterocycles. The summed E-state index contributed by atoms with van der Waals surface area (Å²) in [7, 11) is 0. The highest BCUT2D eigenvalue weighted by Crippen LogP contribution is 2.25. The average molecular weight is 541 g/mol. The summed E-state index contributed by atoms with van der Waals surface area (Å²) in [5, 5.41) is 2.68. The average Bonchev–Trinajstić information content (AvgIpc) is 3.37. The van der Waals surface area contributed by atoms with Gasteiger partial charge in [0, 0.05) is 11.1 Å². The van der Waals surface area contributed by atoms with Crippen molar-refractivity contribution < 1.29 is 9.59 Å². The second-order valence-electron chi connectivity index (χ2n) is 11.2. The zero-order chi connectivity index (χ0) is 29.2. The van der Waals surface area contributed by atoms with Crippen LogP contribution < -0.4 is 0 Å². The largest absolute Gasteiger partial charge is 0.289 e. The van der Waals surface area contributed by atoms with Crippen molar-refractivity contribution in [2.45, 2.75) is 47.0 Å². The first kappa shape index (κ1) is 29.7. The van der Waals surface area contributed by atoms with Gasteiger partial charge in [-0.05, 0) is 90.6 Å². The van der Waals surface area contributed by atoms with Crippen molar-refractivity contribution in [3.05, 3.63) is 155 Å². The van der Waals surface area contributed by atoms with Gasteiger partial charge in [-0.1, -0.05) is 123 Å². The van der Waals surface area contributed by atoms with Gasteiger partial charge in [0.1, 0.15) is 0 Å². The van der Waals surface area contributed by atoms with Crippen LogP contribution in [0, 0.1) is 25.7 Å². The second-order valence-corrected chi connectivity index (χ2v) is 11.2. The van der Waals surface area contributed by atoms with Crippen molar-refractivity contribution in [2.24, 2.45) is 11.8 Å². The maximum absolute atomic E-state index is 11.3. The van der Waals surface area contributed by atoms with E-state index in [1.54, 1.807) is 23.3 Å². The summed E-state index contributed by atoms with van der Waals surface area (Å²) in [6.45, 7) is 8.58. The Hall–Kier alpha value is -4.30. The van der Waals surface area contributed by atoms with Crippen LogP contribution in [0.3, 0.4) is 0 Å². The summed E-state index contributed by atoms with van der Waals surface area (Å²) < 4.78 is 0. The number of aryl methyl sites for hydroxylation is 2. The molecule has 208 valence electrons. The molecule has 0 N–H and O–H groups in total. The minimum atomic E-state index is -0.0883. The van der Waals surface area contributed by atoms with Crippen LogP contribution in [-0.4, -0.2) is 11.6 Å². The van der Waals surface area contributed by atoms with Crippen molar-refractivity contribution in [3.63, 3.8) is 0 Å². The van der Waals surface area contributed by atoms with Gasteiger partial charge >= 0.3 is 0 Å². The summed E-state index contributed by atoms with van der Waals surface area (Å²) >= 11 is 0. The minimum Gasteiger partial charge on any atom is -0.289 e. The van der Waals surface area contributed by atoms with Crippen LogP contribution in [0.2, 0.25) is 0 Å². The van der Waals surface area contributed by atoms with Crippen molar-refractivity contribution in [3.8, 4) is 0 Å². The maximum atomic E-state index is 11.3. The van der Waals surface area contributed by atoms with Gasteiger partial charge in [0.25, 0.3) is 0 Å². The summed E-state index contributed by atoms with van der Waals surface area (Å²) in [6.07, 6.45) is 15.1. The van der Waals surface area contributed by atoms with Crippen LogP contribution in [-0.2, 0) is 12.8 Å². The molecule has 3 aliphatic carbocycles. The van der Waals surface area contributed by atoms with E-state index in [4.69, 9.17) is 0 Å². The Morgan fingerprint density at radius 1 is 0.659 bits per heavy atom. The van der Waals surface area contributed by atoms with Gasteiger partial charge in [0.05, 0.1) is 0 Å². The molecule has 0 fully saturated rings. The number of carbonyl (C=O) groups excluding carboxylic acids is 2. The molecule has 0 radical (unpaired) electrons. The molecule has 3 aliphatic rings. The van der Waals surface area contributed by atoms with E-state index in [1.807, 2.05) is 13.0 Å². The molecule has 0 saturated carbocycles. The van der Waals surface area contributed by atoms with Gasteiger partial charge in [0.2, 0.25) is 0 Å². The van der Waals surface area contributed by atoms with Crippen molar-refractivity contribution in [1.82, 2.24) is 0 Å². The first-order valence-electron chi connectivity index (χ1n) is 14.5. The van der Waals surface area contributed by atoms with Crippen LogP contribution in [0.15, 0.2) is 121 Å². The fourth-order valence-electron chi connectivity index (χ4n) is 5.28. The van der Waals surface area contributed by atoms with E-state index in [0.717, 1.165) is 17.4 Å². The number of rotatable bonds is 0. The summed E-state index contributed by atoms with van der Waals surface area (Å²) in [4.78, 5) is 22.6. The van der Waals surface area contributed by atoms with Crippen LogP contribution in [0.1, 0.15) is 63.2 Å². The van der Waals surface area contributed by atoms with Gasteiger partial charge in [0.15, 0.2) is 11.6 Å². The lowest BCUT2D eigenvalue weighted by atomic mass is 9.93. The van der Waals surface area contributed by atoms with Crippen LogP contribution >= 0.6 is 0 Å². The Morgan fingerprint density at radius 3 is 1.90 bits per heavy atom. The molecule has 2 heteroatoms. The molecular weight excluding hydrogens is 500 g/mol. The Labute approximate surface area is 245 Å². The van der Waals surface area contributed by atoms with E-state index < -0.39 is 0 Å². The van der Waals surface area contributed by atoms with Crippen molar-refractivity contribution in [1.29, 1.82) is 0 Å². The molecule has 1 atom stereocenters. The van der Waals surface area contributed by atoms with Gasteiger partial charge in [-0.3, -0.25) is 9.59 Å². The van der Waals surface area contributed by atoms with E-state index in [1.165, 1.54) is 47.8 Å². The van der Waals surface area contributed by atoms with E-state index in [0.29, 0.717) is 11.1 Å². The SMILES string of the molecule is CC1C=CC=CC1.CC1Cc2ccccc2C1.Cc1ccc2c(c1)C(=O)C=CC2=O.Cc1cccc2ccccc12. The third-order valence-corrected chi connectivity index (χ3v) is 7.55. The zero-order valence-corrected chi connectivity index (χ0v) is 24.6. The lowest BCUT2D eigenvalue weighted by Gasteiger charge is -2.08. The monoisotopic (exact) mass is 540 g/mol. The number of fused-ring (bicyclic) bond motifs is 3. The second kappa shape index (κ2) is 14.4. The molecule has 0 saturated heterocycles. The van der Waals surface area contributed by atoms with E-state index >= 15 is 0 Å². The highest BCUT2D eigenvalue weighted by Gasteiger charge is 2.18. The van der Waals surface area contributed by atoms with Crippen molar-refractivity contribution >= 4 is 22.3 Å². The van der Waals surface area contributed by atoms with E-state index in [9.17, 15) is 9.59 Å². The normalized spacial score (nSPS) is 16.4. The van der Waals surface area contributed by atoms with E-state index in [2.05, 4.69) is 112 Å². The lowest BCUT2D eigenvalue weighted by Crippen LogP contribution is -2.11. The Bertz CT molecular complexity index is 1570. The Kier molecular flexibility index (Phi) is 10.4. The van der Waals surface area contributed by atoms with Crippen LogP contribution in [0.25, 0.3) is 10.8 Å². The molecule has 2 nitrogen and oxygen atoms in total. The number of carbonyl (C=O) groups is 2. The zero-order valence-electron chi connectivity index (χ0n) is 24.6. The van der Waals surface area contributed by atoms with Gasteiger partial charge < -0.3 is 0 Å². The molecule has 0 bridgehead atoms. The standard InChI is InChI=1S/C11H8O2.C11H10.C10H12.C7H10/c1-7-2-3-8-9(6-7)11(13)5-4-10(8)12;1-9-5-4-7-10-6-2-3-8-11(9)10;1-8-6-9-4-2-3-5-10(9)7-8;1-7-5-3-2-4-6-7/h2-6H,1H3;2-8H,1H3;2-5,8H,6-7H2,1H3;2-5,7H,6H2,1H3. The third kappa shape index (κ3) is 8.35. The van der Waals surface area contributed by atoms with E-state index in [-0.39, 0.29) is 11.6 Å². The van der Waals surface area contributed by atoms with Crippen molar-refractivity contribution in [2.75, 3.05) is 0 Å². The maximum Gasteiger partial charge on any atom is 0.186 e. The molecule has 7 rings (SSSR count). The molecule has 0 heterocycles. The van der Waals surface area contributed by atoms with Gasteiger partial charge in [-0.15, -0.1) is 0 Å². The first-order chi connectivity index (χ1) is 19.8. The minimum absolute atomic E-state index is 0.0849. The lowest BCUT2D eigenvalue weighted by molar-refractivity contribution is 0.0994. The molecule has 0 amide bonds. The molecule has 1 unspecified atom stereocenters. The Morgan fingerprint density at radius 2 is 1.29 bits per heavy atom. The molecule has 4 aromatic rings. The predicted octanol–water partition coefficient (Wildman–Crippen LogP) is 9.64. The molecular formula is C39H40O2. The molecule has 4 aromatic carbocycles. The highest BCUT2D eigenvalue weighted by molar-refractivity contribution is 6.22. The van der Waals surface area contributed by atoms with Gasteiger partial charge in [-0.25, -0.2) is 0 Å². The van der Waals surface area contributed by atoms with Gasteiger partial charge in [-0.2, -0.15) is 0 Å². The molecule has 0 aromatic heterocycles. The quantitative estimate of drug-likeness (QED) is 0.222. The number of hydrogen-bond donors (Lipinski definition) is 0. The van der Waals surface area contributed by atoms with Crippen LogP contribution in [0.5, 0.6) is 0 Å². The molecule has 0 spiro atoms. The number of hydrogen-bond acceptors (Lipinski definition) is 2. The Balaban J connectivity index is 0.000000129. The number of benzene rings is 4. The molecule has 41 heavy (non-hydrogen) atoms. The predicted molar refractivity (Wildman–Crippen MR) is 173 cm³/mol. The smallest absolute Gasteiger partial charge is 0.186 e. The summed E-state index contributed by atoms with van der Waals surface area (Å²) in [5.41, 5.74) is 6.51. The highest BCUT2D eigenvalue weighted by atomic mass is 16.1. The number of ketones is 2. The third-order valence-electron chi connectivity index (χ3n) is 7.55. The van der Waals surface area contributed by atoms with Crippen LogP contribution in [0.4, 0.5) is 0 Å². The fourth-order valence-corrected chi connectivity index (χ4v) is 5.28. The summed E-state index contributed by atoms with van der Waals surface area (Å²) in [6, 6.07) is 28.9. The first-order valence-corrected chi connectivity index (χ1v) is 14.5. The fraction of sp³-hybridized carbons (Fsp3) is 0.231. The topological polar surface area (TPSA) is 34.1 Å². The number of allylic oxidation sites excluding steroid dienone is 6.